The van der Waals surface area contributed by atoms with E-state index in [2.05, 4.69) is 0 Å². The van der Waals surface area contributed by atoms with Crippen LogP contribution in [0.1, 0.15) is 36.3 Å². The van der Waals surface area contributed by atoms with Gasteiger partial charge in [-0.1, -0.05) is 0 Å². The van der Waals surface area contributed by atoms with Crippen molar-refractivity contribution >= 4 is 27.9 Å². The second-order valence-electron chi connectivity index (χ2n) is 5.27. The minimum absolute atomic E-state index is 0.0826. The summed E-state index contributed by atoms with van der Waals surface area (Å²) in [7, 11) is 0. The number of hydrogen-bond donors (Lipinski definition) is 1. The number of halogens is 2. The molecule has 0 heterocycles. The van der Waals surface area contributed by atoms with Crippen molar-refractivity contribution in [1.29, 1.82) is 0 Å². The van der Waals surface area contributed by atoms with Crippen LogP contribution in [0.3, 0.4) is 0 Å². The van der Waals surface area contributed by atoms with Crippen LogP contribution in [-0.4, -0.2) is 0 Å². The molecule has 20 heavy (non-hydrogen) atoms. The van der Waals surface area contributed by atoms with Gasteiger partial charge in [-0.2, -0.15) is 0 Å². The Morgan fingerprint density at radius 1 is 0.750 bits per heavy atom. The van der Waals surface area contributed by atoms with Gasteiger partial charge in [0.15, 0.2) is 0 Å². The Kier molecular flexibility index (Phi) is 4.47. The van der Waals surface area contributed by atoms with E-state index in [4.69, 9.17) is 28.0 Å². The molecule has 2 aromatic carbocycles. The van der Waals surface area contributed by atoms with Crippen LogP contribution in [-0.2, 0) is 0 Å². The Balaban J connectivity index is 2.40. The maximum atomic E-state index is 6.84. The molecule has 2 rings (SSSR count). The van der Waals surface area contributed by atoms with Crippen molar-refractivity contribution in [2.75, 3.05) is 0 Å². The monoisotopic (exact) mass is 327 g/mol. The SMILES string of the molecule is CC(c1ccccc1)P(N)(Cl)(Cl)C(C)c1ccccc1. The van der Waals surface area contributed by atoms with E-state index in [9.17, 15) is 0 Å². The zero-order valence-electron chi connectivity index (χ0n) is 11.7. The number of nitrogens with two attached hydrogens (primary N) is 1. The molecule has 0 aliphatic rings. The molecule has 2 N–H and O–H groups in total. The van der Waals surface area contributed by atoms with Crippen molar-refractivity contribution in [3.63, 3.8) is 0 Å². The van der Waals surface area contributed by atoms with Crippen LogP contribution < -0.4 is 5.50 Å². The Morgan fingerprint density at radius 3 is 1.35 bits per heavy atom. The molecule has 0 fully saturated rings. The van der Waals surface area contributed by atoms with Crippen molar-refractivity contribution in [3.05, 3.63) is 71.8 Å². The van der Waals surface area contributed by atoms with Crippen LogP contribution >= 0.6 is 27.9 Å². The average Bonchev–Trinajstić information content (AvgIpc) is 2.47. The summed E-state index contributed by atoms with van der Waals surface area (Å²) < 4.78 is 0. The molecule has 2 aromatic rings. The van der Waals surface area contributed by atoms with Crippen molar-refractivity contribution < 1.29 is 0 Å². The van der Waals surface area contributed by atoms with E-state index in [0.717, 1.165) is 11.1 Å². The van der Waals surface area contributed by atoms with E-state index in [0.29, 0.717) is 0 Å². The summed E-state index contributed by atoms with van der Waals surface area (Å²) in [6, 6.07) is 20.0. The van der Waals surface area contributed by atoms with E-state index >= 15 is 0 Å². The van der Waals surface area contributed by atoms with Crippen LogP contribution in [0.2, 0.25) is 0 Å². The fraction of sp³-hybridized carbons (Fsp3) is 0.250. The summed E-state index contributed by atoms with van der Waals surface area (Å²) in [5, 5.41) is 0. The molecule has 0 saturated heterocycles. The molecule has 0 saturated carbocycles. The standard InChI is InChI=1S/C16H20Cl2NP/c1-13(15-9-5-3-6-10-15)20(17,18,19)14(2)16-11-7-4-8-12-16/h3-14H,19H2,1-2H3. The molecule has 0 spiro atoms. The van der Waals surface area contributed by atoms with Gasteiger partial charge >= 0.3 is 130 Å². The van der Waals surface area contributed by atoms with E-state index in [1.54, 1.807) is 0 Å². The van der Waals surface area contributed by atoms with Gasteiger partial charge in [0.2, 0.25) is 0 Å². The molecule has 0 aromatic heterocycles. The molecule has 0 bridgehead atoms. The predicted molar refractivity (Wildman–Crippen MR) is 92.5 cm³/mol. The molecular weight excluding hydrogens is 308 g/mol. The van der Waals surface area contributed by atoms with Crippen molar-refractivity contribution in [3.8, 4) is 0 Å². The Morgan fingerprint density at radius 2 is 1.05 bits per heavy atom. The first kappa shape index (κ1) is 15.8. The van der Waals surface area contributed by atoms with Crippen LogP contribution in [0.5, 0.6) is 0 Å². The maximum absolute atomic E-state index is 6.84. The molecule has 1 nitrogen and oxygen atoms in total. The Labute approximate surface area is 130 Å². The van der Waals surface area contributed by atoms with Crippen LogP contribution in [0.25, 0.3) is 0 Å². The molecular formula is C16H20Cl2NP. The summed E-state index contributed by atoms with van der Waals surface area (Å²) in [4.78, 5) is 0. The van der Waals surface area contributed by atoms with Crippen molar-refractivity contribution in [2.45, 2.75) is 25.2 Å². The fourth-order valence-electron chi connectivity index (χ4n) is 2.37. The van der Waals surface area contributed by atoms with Gasteiger partial charge in [0.25, 0.3) is 0 Å². The molecule has 2 unspecified atom stereocenters. The fourth-order valence-corrected chi connectivity index (χ4v) is 5.87. The van der Waals surface area contributed by atoms with E-state index in [1.165, 1.54) is 0 Å². The second-order valence-corrected chi connectivity index (χ2v) is 14.1. The van der Waals surface area contributed by atoms with E-state index < -0.39 is 5.46 Å². The third-order valence-electron chi connectivity index (χ3n) is 4.04. The first-order valence-corrected chi connectivity index (χ1v) is 10.9. The van der Waals surface area contributed by atoms with Gasteiger partial charge in [-0.05, 0) is 0 Å². The number of hydrogen-bond acceptors (Lipinski definition) is 1. The topological polar surface area (TPSA) is 26.0 Å². The molecule has 0 radical (unpaired) electrons. The number of benzene rings is 2. The predicted octanol–water partition coefficient (Wildman–Crippen LogP) is 6.24. The van der Waals surface area contributed by atoms with Gasteiger partial charge in [-0.3, -0.25) is 0 Å². The second kappa shape index (κ2) is 5.66. The number of rotatable bonds is 4. The zero-order chi connectivity index (χ0) is 14.8. The average molecular weight is 328 g/mol. The summed E-state index contributed by atoms with van der Waals surface area (Å²) >= 11 is 13.7. The molecule has 2 atom stereocenters. The molecule has 108 valence electrons. The summed E-state index contributed by atoms with van der Waals surface area (Å²) in [6.07, 6.45) is 0. The van der Waals surface area contributed by atoms with Crippen LogP contribution in [0.15, 0.2) is 60.7 Å². The van der Waals surface area contributed by atoms with E-state index in [-0.39, 0.29) is 11.3 Å². The van der Waals surface area contributed by atoms with Crippen LogP contribution in [0, 0.1) is 0 Å². The van der Waals surface area contributed by atoms with Gasteiger partial charge in [0, 0.05) is 0 Å². The molecule has 0 aliphatic carbocycles. The Hall–Kier alpha value is -0.590. The normalized spacial score (nSPS) is 16.9. The van der Waals surface area contributed by atoms with Crippen molar-refractivity contribution in [1.82, 2.24) is 0 Å². The quantitative estimate of drug-likeness (QED) is 0.660. The van der Waals surface area contributed by atoms with Gasteiger partial charge < -0.3 is 0 Å². The third kappa shape index (κ3) is 3.02. The van der Waals surface area contributed by atoms with Gasteiger partial charge in [-0.25, -0.2) is 0 Å². The van der Waals surface area contributed by atoms with E-state index in [1.807, 2.05) is 74.5 Å². The minimum atomic E-state index is -3.43. The zero-order valence-corrected chi connectivity index (χ0v) is 14.1. The Bertz CT molecular complexity index is 514. The van der Waals surface area contributed by atoms with Gasteiger partial charge in [0.05, 0.1) is 0 Å². The molecule has 0 amide bonds. The summed E-state index contributed by atoms with van der Waals surface area (Å²) in [5.74, 6) is 0. The molecule has 0 aliphatic heterocycles. The first-order valence-electron chi connectivity index (χ1n) is 6.67. The first-order chi connectivity index (χ1) is 9.31. The summed E-state index contributed by atoms with van der Waals surface area (Å²) in [6.45, 7) is 4.04. The van der Waals surface area contributed by atoms with Gasteiger partial charge in [0.1, 0.15) is 0 Å². The van der Waals surface area contributed by atoms with Crippen LogP contribution in [0.4, 0.5) is 0 Å². The van der Waals surface area contributed by atoms with Crippen molar-refractivity contribution in [2.24, 2.45) is 5.50 Å². The summed E-state index contributed by atoms with van der Waals surface area (Å²) in [5.41, 5.74) is 5.14. The molecule has 4 heteroatoms. The van der Waals surface area contributed by atoms with Gasteiger partial charge in [-0.15, -0.1) is 0 Å². The third-order valence-corrected chi connectivity index (χ3v) is 11.1.